The predicted molar refractivity (Wildman–Crippen MR) is 123 cm³/mol. The number of ether oxygens (including phenoxy) is 3. The second-order valence-corrected chi connectivity index (χ2v) is 8.12. The maximum Gasteiger partial charge on any atom is 0.344 e. The SMILES string of the molecule is CCOC(=O)COc1cc(C)c(Oc2ccc(O)c(Cc3ccc(F)cc3)c2)c2c1CCC2. The number of halogens is 1. The first-order valence-electron chi connectivity index (χ1n) is 11.1. The predicted octanol–water partition coefficient (Wildman–Crippen LogP) is 5.65. The van der Waals surface area contributed by atoms with Gasteiger partial charge in [0.05, 0.1) is 6.61 Å². The summed E-state index contributed by atoms with van der Waals surface area (Å²) in [7, 11) is 0. The third-order valence-electron chi connectivity index (χ3n) is 5.72. The molecule has 0 saturated heterocycles. The Morgan fingerprint density at radius 3 is 2.58 bits per heavy atom. The number of aryl methyl sites for hydroxylation is 1. The highest BCUT2D eigenvalue weighted by atomic mass is 19.1. The van der Waals surface area contributed by atoms with Crippen molar-refractivity contribution in [3.05, 3.63) is 82.2 Å². The van der Waals surface area contributed by atoms with Crippen LogP contribution >= 0.6 is 0 Å². The van der Waals surface area contributed by atoms with Gasteiger partial charge in [-0.3, -0.25) is 0 Å². The summed E-state index contributed by atoms with van der Waals surface area (Å²) in [5.41, 5.74) is 4.64. The molecule has 3 aromatic carbocycles. The fraction of sp³-hybridized carbons (Fsp3) is 0.296. The number of fused-ring (bicyclic) bond motifs is 1. The summed E-state index contributed by atoms with van der Waals surface area (Å²) in [5.74, 6) is 1.57. The molecule has 1 aliphatic rings. The fourth-order valence-corrected chi connectivity index (χ4v) is 4.17. The monoisotopic (exact) mass is 450 g/mol. The summed E-state index contributed by atoms with van der Waals surface area (Å²) in [4.78, 5) is 11.7. The topological polar surface area (TPSA) is 65.0 Å². The smallest absolute Gasteiger partial charge is 0.344 e. The molecule has 0 aliphatic heterocycles. The van der Waals surface area contributed by atoms with Crippen LogP contribution in [0.3, 0.4) is 0 Å². The van der Waals surface area contributed by atoms with Gasteiger partial charge in [-0.1, -0.05) is 12.1 Å². The Kier molecular flexibility index (Phi) is 6.82. The molecule has 0 fully saturated rings. The minimum atomic E-state index is -0.389. The van der Waals surface area contributed by atoms with Crippen LogP contribution in [0.25, 0.3) is 0 Å². The number of aromatic hydroxyl groups is 1. The number of rotatable bonds is 8. The van der Waals surface area contributed by atoms with Gasteiger partial charge in [0, 0.05) is 23.1 Å². The Hall–Kier alpha value is -3.54. The summed E-state index contributed by atoms with van der Waals surface area (Å²) in [5, 5.41) is 10.3. The highest BCUT2D eigenvalue weighted by molar-refractivity contribution is 5.71. The molecular formula is C27H27FO5. The summed E-state index contributed by atoms with van der Waals surface area (Å²) in [6.07, 6.45) is 3.16. The van der Waals surface area contributed by atoms with E-state index in [0.29, 0.717) is 30.1 Å². The maximum atomic E-state index is 13.2. The van der Waals surface area contributed by atoms with Gasteiger partial charge in [-0.25, -0.2) is 9.18 Å². The number of phenolic OH excluding ortho intramolecular Hbond substituents is 1. The largest absolute Gasteiger partial charge is 0.508 e. The number of phenols is 1. The van der Waals surface area contributed by atoms with Crippen LogP contribution in [0.1, 0.15) is 41.2 Å². The van der Waals surface area contributed by atoms with Crippen LogP contribution in [-0.2, 0) is 28.8 Å². The van der Waals surface area contributed by atoms with Crippen LogP contribution in [0.5, 0.6) is 23.0 Å². The molecule has 0 amide bonds. The quantitative estimate of drug-likeness (QED) is 0.449. The zero-order valence-corrected chi connectivity index (χ0v) is 18.8. The van der Waals surface area contributed by atoms with Crippen molar-refractivity contribution in [2.24, 2.45) is 0 Å². The Morgan fingerprint density at radius 1 is 1.06 bits per heavy atom. The Morgan fingerprint density at radius 2 is 1.82 bits per heavy atom. The van der Waals surface area contributed by atoms with E-state index in [2.05, 4.69) is 0 Å². The van der Waals surface area contributed by atoms with Gasteiger partial charge in [0.2, 0.25) is 0 Å². The number of carbonyl (C=O) groups is 1. The lowest BCUT2D eigenvalue weighted by molar-refractivity contribution is -0.145. The van der Waals surface area contributed by atoms with Crippen LogP contribution in [0.2, 0.25) is 0 Å². The average Bonchev–Trinajstić information content (AvgIpc) is 3.28. The summed E-state index contributed by atoms with van der Waals surface area (Å²) in [6, 6.07) is 13.3. The molecule has 0 saturated carbocycles. The highest BCUT2D eigenvalue weighted by Crippen LogP contribution is 2.42. The van der Waals surface area contributed by atoms with Crippen molar-refractivity contribution < 1.29 is 28.5 Å². The van der Waals surface area contributed by atoms with E-state index >= 15 is 0 Å². The second-order valence-electron chi connectivity index (χ2n) is 8.12. The normalized spacial score (nSPS) is 12.3. The molecule has 172 valence electrons. The lowest BCUT2D eigenvalue weighted by Gasteiger charge is -2.18. The van der Waals surface area contributed by atoms with Gasteiger partial charge >= 0.3 is 5.97 Å². The first kappa shape index (κ1) is 22.6. The lowest BCUT2D eigenvalue weighted by atomic mass is 10.0. The standard InChI is InChI=1S/C27H27FO5/c1-3-31-26(30)16-32-25-13-17(2)27(23-6-4-5-22(23)25)33-21-11-12-24(29)19(15-21)14-18-7-9-20(28)10-8-18/h7-13,15,29H,3-6,14,16H2,1-2H3. The second kappa shape index (κ2) is 9.94. The Bertz CT molecular complexity index is 1150. The molecule has 0 radical (unpaired) electrons. The number of esters is 1. The molecule has 5 nitrogen and oxygen atoms in total. The maximum absolute atomic E-state index is 13.2. The molecule has 0 spiro atoms. The number of benzene rings is 3. The molecule has 0 atom stereocenters. The van der Waals surface area contributed by atoms with E-state index in [1.165, 1.54) is 12.1 Å². The van der Waals surface area contributed by atoms with Gasteiger partial charge in [-0.2, -0.15) is 0 Å². The number of hydrogen-bond acceptors (Lipinski definition) is 5. The van der Waals surface area contributed by atoms with Crippen LogP contribution in [0.4, 0.5) is 4.39 Å². The molecule has 0 unspecified atom stereocenters. The van der Waals surface area contributed by atoms with E-state index in [0.717, 1.165) is 47.3 Å². The third kappa shape index (κ3) is 5.28. The molecule has 33 heavy (non-hydrogen) atoms. The van der Waals surface area contributed by atoms with Gasteiger partial charge in [-0.05, 0) is 80.6 Å². The molecule has 1 aliphatic carbocycles. The van der Waals surface area contributed by atoms with Gasteiger partial charge in [0.15, 0.2) is 6.61 Å². The van der Waals surface area contributed by atoms with E-state index in [1.54, 1.807) is 31.2 Å². The van der Waals surface area contributed by atoms with Gasteiger partial charge in [0.1, 0.15) is 28.8 Å². The first-order valence-corrected chi connectivity index (χ1v) is 11.1. The van der Waals surface area contributed by atoms with E-state index in [9.17, 15) is 14.3 Å². The van der Waals surface area contributed by atoms with E-state index < -0.39 is 0 Å². The number of carbonyl (C=O) groups excluding carboxylic acids is 1. The first-order chi connectivity index (χ1) is 15.9. The third-order valence-corrected chi connectivity index (χ3v) is 5.72. The van der Waals surface area contributed by atoms with Crippen molar-refractivity contribution in [1.29, 1.82) is 0 Å². The molecule has 0 bridgehead atoms. The molecule has 0 heterocycles. The molecular weight excluding hydrogens is 423 g/mol. The molecule has 6 heteroatoms. The van der Waals surface area contributed by atoms with Gasteiger partial charge in [-0.15, -0.1) is 0 Å². The van der Waals surface area contributed by atoms with Crippen molar-refractivity contribution in [2.75, 3.05) is 13.2 Å². The van der Waals surface area contributed by atoms with Gasteiger partial charge < -0.3 is 19.3 Å². The Labute approximate surface area is 192 Å². The van der Waals surface area contributed by atoms with Crippen molar-refractivity contribution >= 4 is 5.97 Å². The van der Waals surface area contributed by atoms with Crippen LogP contribution in [-0.4, -0.2) is 24.3 Å². The van der Waals surface area contributed by atoms with Crippen molar-refractivity contribution in [3.63, 3.8) is 0 Å². The fourth-order valence-electron chi connectivity index (χ4n) is 4.17. The van der Waals surface area contributed by atoms with E-state index in [1.807, 2.05) is 19.1 Å². The minimum Gasteiger partial charge on any atom is -0.508 e. The minimum absolute atomic E-state index is 0.120. The Balaban J connectivity index is 1.57. The van der Waals surface area contributed by atoms with Crippen LogP contribution < -0.4 is 9.47 Å². The summed E-state index contributed by atoms with van der Waals surface area (Å²) < 4.78 is 30.2. The zero-order chi connectivity index (χ0) is 23.4. The molecule has 4 rings (SSSR count). The highest BCUT2D eigenvalue weighted by Gasteiger charge is 2.24. The summed E-state index contributed by atoms with van der Waals surface area (Å²) in [6.45, 7) is 3.91. The molecule has 3 aromatic rings. The van der Waals surface area contributed by atoms with Crippen LogP contribution in [0.15, 0.2) is 48.5 Å². The average molecular weight is 451 g/mol. The summed E-state index contributed by atoms with van der Waals surface area (Å²) >= 11 is 0. The lowest BCUT2D eigenvalue weighted by Crippen LogP contribution is -2.15. The van der Waals surface area contributed by atoms with Gasteiger partial charge in [0.25, 0.3) is 0 Å². The number of hydrogen-bond donors (Lipinski definition) is 1. The zero-order valence-electron chi connectivity index (χ0n) is 18.8. The molecule has 0 aromatic heterocycles. The van der Waals surface area contributed by atoms with Crippen LogP contribution in [0, 0.1) is 12.7 Å². The van der Waals surface area contributed by atoms with Crippen molar-refractivity contribution in [3.8, 4) is 23.0 Å². The van der Waals surface area contributed by atoms with E-state index in [-0.39, 0.29) is 24.1 Å². The van der Waals surface area contributed by atoms with Crippen molar-refractivity contribution in [1.82, 2.24) is 0 Å². The molecule has 1 N–H and O–H groups in total. The van der Waals surface area contributed by atoms with Crippen molar-refractivity contribution in [2.45, 2.75) is 39.5 Å². The van der Waals surface area contributed by atoms with E-state index in [4.69, 9.17) is 14.2 Å².